The predicted octanol–water partition coefficient (Wildman–Crippen LogP) is 3.72. The summed E-state index contributed by atoms with van der Waals surface area (Å²) in [5.41, 5.74) is 10.1. The van der Waals surface area contributed by atoms with Crippen LogP contribution in [0.25, 0.3) is 10.9 Å². The van der Waals surface area contributed by atoms with Gasteiger partial charge in [0.2, 0.25) is 0 Å². The minimum Gasteiger partial charge on any atom is -0.384 e. The second kappa shape index (κ2) is 8.10. The molecule has 7 nitrogen and oxygen atoms in total. The molecule has 3 aromatic heterocycles. The molecule has 1 atom stereocenters. The molecule has 1 unspecified atom stereocenters. The number of anilines is 1. The van der Waals surface area contributed by atoms with Gasteiger partial charge in [-0.15, -0.1) is 0 Å². The highest BCUT2D eigenvalue weighted by atomic mass is 16.2. The maximum Gasteiger partial charge on any atom is 0.256 e. The lowest BCUT2D eigenvalue weighted by atomic mass is 9.93. The van der Waals surface area contributed by atoms with Crippen LogP contribution in [0, 0.1) is 0 Å². The van der Waals surface area contributed by atoms with Crippen LogP contribution in [0.2, 0.25) is 0 Å². The largest absolute Gasteiger partial charge is 0.384 e. The summed E-state index contributed by atoms with van der Waals surface area (Å²) in [6.07, 6.45) is 9.38. The molecule has 5 rings (SSSR count). The number of fused-ring (bicyclic) bond motifs is 2. The molecule has 0 spiro atoms. The third-order valence-electron chi connectivity index (χ3n) is 5.69. The quantitative estimate of drug-likeness (QED) is 0.551. The van der Waals surface area contributed by atoms with Crippen molar-refractivity contribution < 1.29 is 4.79 Å². The SMILES string of the molecule is Nc1ccc2ccc(CN(C(=O)c3cccnc3)C3CCCc4nccnc43)cc2n1. The second-order valence-electron chi connectivity index (χ2n) is 7.73. The van der Waals surface area contributed by atoms with Crippen molar-refractivity contribution in [3.63, 3.8) is 0 Å². The van der Waals surface area contributed by atoms with E-state index >= 15 is 0 Å². The monoisotopic (exact) mass is 410 g/mol. The Morgan fingerprint density at radius 2 is 1.97 bits per heavy atom. The van der Waals surface area contributed by atoms with Crippen LogP contribution in [0.5, 0.6) is 0 Å². The molecule has 1 aliphatic rings. The Kier molecular flexibility index (Phi) is 5.00. The van der Waals surface area contributed by atoms with Gasteiger partial charge in [0, 0.05) is 36.7 Å². The first-order chi connectivity index (χ1) is 15.2. The first-order valence-electron chi connectivity index (χ1n) is 10.3. The highest BCUT2D eigenvalue weighted by Crippen LogP contribution is 2.34. The van der Waals surface area contributed by atoms with Gasteiger partial charge in [0.25, 0.3) is 5.91 Å². The summed E-state index contributed by atoms with van der Waals surface area (Å²) >= 11 is 0. The predicted molar refractivity (Wildman–Crippen MR) is 118 cm³/mol. The molecule has 154 valence electrons. The normalized spacial score (nSPS) is 15.4. The number of pyridine rings is 2. The molecular formula is C24H22N6O. The number of nitrogen functional groups attached to an aromatic ring is 1. The standard InChI is InChI=1S/C24H22N6O/c25-22-9-8-17-7-6-16(13-20(17)29-22)15-30(24(31)18-3-2-10-26-14-18)21-5-1-4-19-23(21)28-12-11-27-19/h2-3,6-14,21H,1,4-5,15H2,(H2,25,29). The Balaban J connectivity index is 1.55. The minimum atomic E-state index is -0.144. The zero-order valence-corrected chi connectivity index (χ0v) is 17.0. The van der Waals surface area contributed by atoms with Gasteiger partial charge in [0.05, 0.1) is 28.5 Å². The summed E-state index contributed by atoms with van der Waals surface area (Å²) in [6, 6.07) is 13.2. The van der Waals surface area contributed by atoms with Gasteiger partial charge >= 0.3 is 0 Å². The Morgan fingerprint density at radius 3 is 2.84 bits per heavy atom. The molecule has 1 aliphatic carbocycles. The fourth-order valence-electron chi connectivity index (χ4n) is 4.20. The zero-order valence-electron chi connectivity index (χ0n) is 17.0. The number of carbonyl (C=O) groups excluding carboxylic acids is 1. The van der Waals surface area contributed by atoms with Crippen molar-refractivity contribution >= 4 is 22.6 Å². The van der Waals surface area contributed by atoms with Crippen LogP contribution in [0.3, 0.4) is 0 Å². The number of carbonyl (C=O) groups is 1. The van der Waals surface area contributed by atoms with Crippen LogP contribution in [0.15, 0.2) is 67.3 Å². The van der Waals surface area contributed by atoms with Crippen LogP contribution in [-0.4, -0.2) is 30.7 Å². The van der Waals surface area contributed by atoms with Gasteiger partial charge in [-0.3, -0.25) is 19.7 Å². The summed E-state index contributed by atoms with van der Waals surface area (Å²) in [7, 11) is 0. The number of benzene rings is 1. The number of aromatic nitrogens is 4. The maximum absolute atomic E-state index is 13.6. The Bertz CT molecular complexity index is 1240. The van der Waals surface area contributed by atoms with E-state index < -0.39 is 0 Å². The molecule has 2 N–H and O–H groups in total. The fourth-order valence-corrected chi connectivity index (χ4v) is 4.20. The third kappa shape index (κ3) is 3.82. The van der Waals surface area contributed by atoms with Crippen molar-refractivity contribution in [1.82, 2.24) is 24.8 Å². The molecule has 0 saturated heterocycles. The van der Waals surface area contributed by atoms with E-state index in [1.807, 2.05) is 29.2 Å². The number of nitrogens with two attached hydrogens (primary N) is 1. The van der Waals surface area contributed by atoms with Gasteiger partial charge in [-0.25, -0.2) is 4.98 Å². The van der Waals surface area contributed by atoms with Gasteiger partial charge in [-0.05, 0) is 55.2 Å². The lowest BCUT2D eigenvalue weighted by Gasteiger charge is -2.34. The first kappa shape index (κ1) is 19.1. The molecule has 0 radical (unpaired) electrons. The first-order valence-corrected chi connectivity index (χ1v) is 10.3. The van der Waals surface area contributed by atoms with E-state index in [0.717, 1.165) is 47.1 Å². The van der Waals surface area contributed by atoms with Crippen LogP contribution >= 0.6 is 0 Å². The summed E-state index contributed by atoms with van der Waals surface area (Å²) in [6.45, 7) is 0.431. The van der Waals surface area contributed by atoms with E-state index in [1.165, 1.54) is 0 Å². The molecular weight excluding hydrogens is 388 g/mol. The lowest BCUT2D eigenvalue weighted by molar-refractivity contribution is 0.0631. The summed E-state index contributed by atoms with van der Waals surface area (Å²) in [5.74, 6) is 0.404. The van der Waals surface area contributed by atoms with Crippen molar-refractivity contribution in [1.29, 1.82) is 0 Å². The average Bonchev–Trinajstić information content (AvgIpc) is 2.82. The summed E-state index contributed by atoms with van der Waals surface area (Å²) in [5, 5.41) is 1.01. The fraction of sp³-hybridized carbons (Fsp3) is 0.208. The number of aryl methyl sites for hydroxylation is 1. The van der Waals surface area contributed by atoms with Crippen molar-refractivity contribution in [2.24, 2.45) is 0 Å². The zero-order chi connectivity index (χ0) is 21.2. The Morgan fingerprint density at radius 1 is 1.10 bits per heavy atom. The smallest absolute Gasteiger partial charge is 0.256 e. The molecule has 1 aromatic carbocycles. The van der Waals surface area contributed by atoms with Gasteiger partial charge in [-0.2, -0.15) is 0 Å². The van der Waals surface area contributed by atoms with Crippen molar-refractivity contribution in [3.8, 4) is 0 Å². The van der Waals surface area contributed by atoms with E-state index in [9.17, 15) is 4.79 Å². The van der Waals surface area contributed by atoms with Gasteiger partial charge in [0.15, 0.2) is 0 Å². The van der Waals surface area contributed by atoms with Gasteiger partial charge in [-0.1, -0.05) is 12.1 Å². The summed E-state index contributed by atoms with van der Waals surface area (Å²) in [4.78, 5) is 33.1. The molecule has 0 aliphatic heterocycles. The van der Waals surface area contributed by atoms with Crippen LogP contribution in [-0.2, 0) is 13.0 Å². The molecule has 1 amide bonds. The number of rotatable bonds is 4. The Hall–Kier alpha value is -3.87. The number of hydrogen-bond acceptors (Lipinski definition) is 6. The van der Waals surface area contributed by atoms with Crippen molar-refractivity contribution in [3.05, 3.63) is 89.8 Å². The van der Waals surface area contributed by atoms with E-state index in [-0.39, 0.29) is 11.9 Å². The minimum absolute atomic E-state index is 0.0720. The van der Waals surface area contributed by atoms with Crippen molar-refractivity contribution in [2.45, 2.75) is 31.8 Å². The number of hydrogen-bond donors (Lipinski definition) is 1. The lowest BCUT2D eigenvalue weighted by Crippen LogP contribution is -2.37. The molecule has 7 heteroatoms. The third-order valence-corrected chi connectivity index (χ3v) is 5.69. The van der Waals surface area contributed by atoms with Crippen molar-refractivity contribution in [2.75, 3.05) is 5.73 Å². The summed E-state index contributed by atoms with van der Waals surface area (Å²) < 4.78 is 0. The molecule has 4 aromatic rings. The van der Waals surface area contributed by atoms with Crippen LogP contribution in [0.4, 0.5) is 5.82 Å². The van der Waals surface area contributed by atoms with Gasteiger partial charge in [0.1, 0.15) is 5.82 Å². The topological polar surface area (TPSA) is 97.9 Å². The molecule has 0 saturated carbocycles. The highest BCUT2D eigenvalue weighted by molar-refractivity contribution is 5.94. The number of nitrogens with zero attached hydrogens (tertiary/aromatic N) is 5. The molecule has 3 heterocycles. The van der Waals surface area contributed by atoms with Gasteiger partial charge < -0.3 is 10.6 Å². The molecule has 0 fully saturated rings. The highest BCUT2D eigenvalue weighted by Gasteiger charge is 2.32. The average molecular weight is 410 g/mol. The molecule has 0 bridgehead atoms. The second-order valence-corrected chi connectivity index (χ2v) is 7.73. The van der Waals surface area contributed by atoms with Crippen LogP contribution in [0.1, 0.15) is 46.2 Å². The van der Waals surface area contributed by atoms with Crippen LogP contribution < -0.4 is 5.73 Å². The number of amides is 1. The molecule has 31 heavy (non-hydrogen) atoms. The van der Waals surface area contributed by atoms with E-state index in [4.69, 9.17) is 5.73 Å². The van der Waals surface area contributed by atoms with E-state index in [1.54, 1.807) is 43.0 Å². The Labute approximate surface area is 180 Å². The maximum atomic E-state index is 13.6. The van der Waals surface area contributed by atoms with E-state index in [2.05, 4.69) is 19.9 Å². The van der Waals surface area contributed by atoms with E-state index in [0.29, 0.717) is 17.9 Å².